The maximum atomic E-state index is 10.9. The van der Waals surface area contributed by atoms with E-state index in [0.29, 0.717) is 23.9 Å². The predicted molar refractivity (Wildman–Crippen MR) is 74.8 cm³/mol. The minimum absolute atomic E-state index is 0.0337. The van der Waals surface area contributed by atoms with Gasteiger partial charge in [0.1, 0.15) is 13.2 Å². The van der Waals surface area contributed by atoms with Crippen LogP contribution in [-0.2, 0) is 11.4 Å². The largest absolute Gasteiger partial charge is 0.485 e. The van der Waals surface area contributed by atoms with E-state index in [1.54, 1.807) is 18.2 Å². The number of ether oxygens (including phenoxy) is 3. The maximum absolute atomic E-state index is 10.9. The van der Waals surface area contributed by atoms with Crippen LogP contribution in [-0.4, -0.2) is 23.8 Å². The fourth-order valence-corrected chi connectivity index (χ4v) is 2.05. The van der Waals surface area contributed by atoms with E-state index in [9.17, 15) is 4.79 Å². The number of fused-ring (bicyclic) bond motifs is 1. The molecule has 5 heteroatoms. The summed E-state index contributed by atoms with van der Waals surface area (Å²) in [5.41, 5.74) is 1.04. The van der Waals surface area contributed by atoms with Crippen molar-refractivity contribution in [3.63, 3.8) is 0 Å². The van der Waals surface area contributed by atoms with E-state index in [0.717, 1.165) is 5.56 Å². The minimum atomic E-state index is -1.05. The molecule has 0 saturated carbocycles. The van der Waals surface area contributed by atoms with Crippen molar-refractivity contribution in [3.05, 3.63) is 54.1 Å². The Morgan fingerprint density at radius 2 is 2.00 bits per heavy atom. The first-order chi connectivity index (χ1) is 10.2. The van der Waals surface area contributed by atoms with Crippen LogP contribution in [0, 0.1) is 0 Å². The average molecular weight is 286 g/mol. The first-order valence-electron chi connectivity index (χ1n) is 6.56. The Morgan fingerprint density at radius 1 is 1.19 bits per heavy atom. The Morgan fingerprint density at radius 3 is 2.76 bits per heavy atom. The van der Waals surface area contributed by atoms with Crippen LogP contribution in [0.2, 0.25) is 0 Å². The Bertz CT molecular complexity index is 638. The fourth-order valence-electron chi connectivity index (χ4n) is 2.05. The predicted octanol–water partition coefficient (Wildman–Crippen LogP) is 2.49. The fraction of sp³-hybridized carbons (Fsp3) is 0.188. The number of para-hydroxylation sites is 1. The maximum Gasteiger partial charge on any atom is 0.348 e. The van der Waals surface area contributed by atoms with Gasteiger partial charge in [-0.05, 0) is 17.7 Å². The van der Waals surface area contributed by atoms with Crippen LogP contribution in [0.5, 0.6) is 17.2 Å². The molecular formula is C16H14O5. The molecule has 0 saturated heterocycles. The Kier molecular flexibility index (Phi) is 3.64. The topological polar surface area (TPSA) is 65.0 Å². The molecule has 21 heavy (non-hydrogen) atoms. The molecule has 2 aromatic carbocycles. The van der Waals surface area contributed by atoms with E-state index in [4.69, 9.17) is 19.3 Å². The van der Waals surface area contributed by atoms with Gasteiger partial charge in [0.15, 0.2) is 11.5 Å². The summed E-state index contributed by atoms with van der Waals surface area (Å²) in [6, 6.07) is 14.9. The average Bonchev–Trinajstić information content (AvgIpc) is 2.53. The van der Waals surface area contributed by atoms with Gasteiger partial charge >= 0.3 is 5.97 Å². The molecule has 0 bridgehead atoms. The summed E-state index contributed by atoms with van der Waals surface area (Å²) in [6.07, 6.45) is -0.984. The SMILES string of the molecule is O=C(O)C1COc2c(OCc3ccccc3)cccc2O1. The quantitative estimate of drug-likeness (QED) is 0.935. The second-order valence-corrected chi connectivity index (χ2v) is 4.61. The molecule has 0 aromatic heterocycles. The number of carboxylic acid groups (broad SMARTS) is 1. The molecule has 0 amide bonds. The number of aliphatic carboxylic acids is 1. The monoisotopic (exact) mass is 286 g/mol. The van der Waals surface area contributed by atoms with E-state index < -0.39 is 12.1 Å². The van der Waals surface area contributed by atoms with Gasteiger partial charge in [-0.3, -0.25) is 0 Å². The van der Waals surface area contributed by atoms with Gasteiger partial charge in [-0.2, -0.15) is 0 Å². The number of carboxylic acids is 1. The molecule has 1 aliphatic rings. The van der Waals surface area contributed by atoms with Crippen molar-refractivity contribution < 1.29 is 24.1 Å². The van der Waals surface area contributed by atoms with E-state index in [1.165, 1.54) is 0 Å². The summed E-state index contributed by atoms with van der Waals surface area (Å²) in [7, 11) is 0. The van der Waals surface area contributed by atoms with Gasteiger partial charge in [-0.25, -0.2) is 4.79 Å². The van der Waals surface area contributed by atoms with Crippen LogP contribution in [0.4, 0.5) is 0 Å². The van der Waals surface area contributed by atoms with Crippen molar-refractivity contribution in [1.82, 2.24) is 0 Å². The molecule has 1 heterocycles. The molecule has 5 nitrogen and oxygen atoms in total. The van der Waals surface area contributed by atoms with Crippen LogP contribution >= 0.6 is 0 Å². The lowest BCUT2D eigenvalue weighted by molar-refractivity contribution is -0.147. The van der Waals surface area contributed by atoms with Crippen LogP contribution in [0.15, 0.2) is 48.5 Å². The molecule has 2 aromatic rings. The highest BCUT2D eigenvalue weighted by Crippen LogP contribution is 2.40. The lowest BCUT2D eigenvalue weighted by Gasteiger charge is -2.25. The van der Waals surface area contributed by atoms with Gasteiger partial charge in [0.05, 0.1) is 0 Å². The highest BCUT2D eigenvalue weighted by Gasteiger charge is 2.28. The normalized spacial score (nSPS) is 16.3. The van der Waals surface area contributed by atoms with E-state index in [1.807, 2.05) is 30.3 Å². The van der Waals surface area contributed by atoms with Crippen molar-refractivity contribution in [2.45, 2.75) is 12.7 Å². The second-order valence-electron chi connectivity index (χ2n) is 4.61. The van der Waals surface area contributed by atoms with E-state index in [2.05, 4.69) is 0 Å². The molecule has 3 rings (SSSR count). The van der Waals surface area contributed by atoms with Gasteiger partial charge in [0.25, 0.3) is 0 Å². The number of hydrogen-bond acceptors (Lipinski definition) is 4. The molecule has 0 radical (unpaired) electrons. The van der Waals surface area contributed by atoms with Crippen LogP contribution in [0.3, 0.4) is 0 Å². The zero-order valence-electron chi connectivity index (χ0n) is 11.2. The molecule has 0 fully saturated rings. The standard InChI is InChI=1S/C16H14O5/c17-16(18)14-10-20-15-12(7-4-8-13(15)21-14)19-9-11-5-2-1-3-6-11/h1-8,14H,9-10H2,(H,17,18). The summed E-state index contributed by atoms with van der Waals surface area (Å²) >= 11 is 0. The van der Waals surface area contributed by atoms with E-state index >= 15 is 0 Å². The lowest BCUT2D eigenvalue weighted by atomic mass is 10.2. The number of hydrogen-bond donors (Lipinski definition) is 1. The van der Waals surface area contributed by atoms with Crippen LogP contribution in [0.1, 0.15) is 5.56 Å². The highest BCUT2D eigenvalue weighted by molar-refractivity contribution is 5.74. The zero-order valence-corrected chi connectivity index (χ0v) is 11.2. The van der Waals surface area contributed by atoms with Crippen molar-refractivity contribution in [3.8, 4) is 17.2 Å². The van der Waals surface area contributed by atoms with Gasteiger partial charge in [-0.1, -0.05) is 36.4 Å². The lowest BCUT2D eigenvalue weighted by Crippen LogP contribution is -2.36. The third-order valence-electron chi connectivity index (χ3n) is 3.10. The summed E-state index contributed by atoms with van der Waals surface area (Å²) in [6.45, 7) is 0.372. The molecule has 0 spiro atoms. The van der Waals surface area contributed by atoms with Crippen LogP contribution < -0.4 is 14.2 Å². The number of benzene rings is 2. The minimum Gasteiger partial charge on any atom is -0.485 e. The van der Waals surface area contributed by atoms with Gasteiger partial charge in [0.2, 0.25) is 11.9 Å². The van der Waals surface area contributed by atoms with Crippen molar-refractivity contribution in [2.75, 3.05) is 6.61 Å². The summed E-state index contributed by atoms with van der Waals surface area (Å²) in [4.78, 5) is 10.9. The number of rotatable bonds is 4. The molecule has 1 atom stereocenters. The number of carbonyl (C=O) groups is 1. The molecule has 0 aliphatic carbocycles. The zero-order chi connectivity index (χ0) is 14.7. The Labute approximate surface area is 121 Å². The van der Waals surface area contributed by atoms with Crippen molar-refractivity contribution >= 4 is 5.97 Å². The summed E-state index contributed by atoms with van der Waals surface area (Å²) in [5.74, 6) is 0.335. The smallest absolute Gasteiger partial charge is 0.348 e. The van der Waals surface area contributed by atoms with Gasteiger partial charge in [-0.15, -0.1) is 0 Å². The Hall–Kier alpha value is -2.69. The van der Waals surface area contributed by atoms with Crippen molar-refractivity contribution in [2.24, 2.45) is 0 Å². The van der Waals surface area contributed by atoms with E-state index in [-0.39, 0.29) is 6.61 Å². The highest BCUT2D eigenvalue weighted by atomic mass is 16.6. The third-order valence-corrected chi connectivity index (χ3v) is 3.10. The molecule has 108 valence electrons. The Balaban J connectivity index is 1.76. The molecule has 1 unspecified atom stereocenters. The van der Waals surface area contributed by atoms with Crippen molar-refractivity contribution in [1.29, 1.82) is 0 Å². The van der Waals surface area contributed by atoms with Gasteiger partial charge in [0, 0.05) is 0 Å². The molecular weight excluding hydrogens is 272 g/mol. The molecule has 1 N–H and O–H groups in total. The third kappa shape index (κ3) is 2.91. The second kappa shape index (κ2) is 5.75. The first kappa shape index (κ1) is 13.3. The molecule has 1 aliphatic heterocycles. The first-order valence-corrected chi connectivity index (χ1v) is 6.56. The van der Waals surface area contributed by atoms with Gasteiger partial charge < -0.3 is 19.3 Å². The summed E-state index contributed by atoms with van der Waals surface area (Å²) in [5, 5.41) is 8.95. The van der Waals surface area contributed by atoms with Crippen LogP contribution in [0.25, 0.3) is 0 Å². The summed E-state index contributed by atoms with van der Waals surface area (Å²) < 4.78 is 16.6.